The fourth-order valence-electron chi connectivity index (χ4n) is 4.19. The molecule has 0 unspecified atom stereocenters. The van der Waals surface area contributed by atoms with Gasteiger partial charge in [-0.1, -0.05) is 32.1 Å². The molecule has 0 aromatic heterocycles. The highest BCUT2D eigenvalue weighted by atomic mass is 19.4. The number of alkyl halides is 3. The van der Waals surface area contributed by atoms with Crippen molar-refractivity contribution in [3.8, 4) is 0 Å². The lowest BCUT2D eigenvalue weighted by molar-refractivity contribution is -0.156. The van der Waals surface area contributed by atoms with E-state index in [1.807, 2.05) is 0 Å². The van der Waals surface area contributed by atoms with Crippen LogP contribution >= 0.6 is 0 Å². The number of rotatable bonds is 4. The molecular formula is C19H29F3N2O. The lowest BCUT2D eigenvalue weighted by Crippen LogP contribution is -2.28. The Morgan fingerprint density at radius 2 is 1.76 bits per heavy atom. The van der Waals surface area contributed by atoms with Crippen LogP contribution in [-0.2, 0) is 4.74 Å². The number of nitrogens with zero attached hydrogens (tertiary/aromatic N) is 2. The molecule has 0 atom stereocenters. The Hall–Kier alpha value is -1.04. The highest BCUT2D eigenvalue weighted by Gasteiger charge is 2.30. The molecule has 2 heterocycles. The number of hydrogen-bond acceptors (Lipinski definition) is 3. The van der Waals surface area contributed by atoms with Gasteiger partial charge in [-0.05, 0) is 37.3 Å². The van der Waals surface area contributed by atoms with Crippen LogP contribution in [0.3, 0.4) is 0 Å². The van der Waals surface area contributed by atoms with Gasteiger partial charge < -0.3 is 9.64 Å². The molecule has 0 spiro atoms. The van der Waals surface area contributed by atoms with E-state index in [9.17, 15) is 13.2 Å². The SMILES string of the molecule is FC(F)(F)COC1=NC2=C(CC1)CCN(CCC1CCCCC1)CC2. The fourth-order valence-corrected chi connectivity index (χ4v) is 4.19. The van der Waals surface area contributed by atoms with Gasteiger partial charge in [0.1, 0.15) is 0 Å². The first-order chi connectivity index (χ1) is 12.0. The average molecular weight is 358 g/mol. The van der Waals surface area contributed by atoms with E-state index < -0.39 is 12.8 Å². The molecule has 1 saturated carbocycles. The summed E-state index contributed by atoms with van der Waals surface area (Å²) in [6, 6.07) is 0. The number of hydrogen-bond donors (Lipinski definition) is 0. The maximum absolute atomic E-state index is 12.3. The minimum absolute atomic E-state index is 0.256. The van der Waals surface area contributed by atoms with Gasteiger partial charge in [-0.15, -0.1) is 0 Å². The van der Waals surface area contributed by atoms with Crippen molar-refractivity contribution in [3.05, 3.63) is 11.3 Å². The largest absolute Gasteiger partial charge is 0.471 e. The second-order valence-corrected chi connectivity index (χ2v) is 7.59. The van der Waals surface area contributed by atoms with Crippen molar-refractivity contribution in [3.63, 3.8) is 0 Å². The lowest BCUT2D eigenvalue weighted by atomic mass is 9.87. The Kier molecular flexibility index (Phi) is 6.42. The van der Waals surface area contributed by atoms with Crippen LogP contribution in [0.2, 0.25) is 0 Å². The van der Waals surface area contributed by atoms with Crippen molar-refractivity contribution in [2.45, 2.75) is 70.4 Å². The van der Waals surface area contributed by atoms with Crippen LogP contribution in [0.5, 0.6) is 0 Å². The molecule has 25 heavy (non-hydrogen) atoms. The molecule has 0 amide bonds. The van der Waals surface area contributed by atoms with Crippen LogP contribution in [0.1, 0.15) is 64.2 Å². The van der Waals surface area contributed by atoms with Gasteiger partial charge in [0.2, 0.25) is 0 Å². The molecule has 1 aliphatic carbocycles. The van der Waals surface area contributed by atoms with E-state index in [0.29, 0.717) is 6.42 Å². The Morgan fingerprint density at radius 1 is 1.00 bits per heavy atom. The van der Waals surface area contributed by atoms with Crippen LogP contribution in [-0.4, -0.2) is 43.2 Å². The van der Waals surface area contributed by atoms with E-state index in [2.05, 4.69) is 9.89 Å². The van der Waals surface area contributed by atoms with Gasteiger partial charge in [0.15, 0.2) is 12.5 Å². The van der Waals surface area contributed by atoms with Crippen LogP contribution in [0.25, 0.3) is 0 Å². The summed E-state index contributed by atoms with van der Waals surface area (Å²) in [4.78, 5) is 6.91. The lowest BCUT2D eigenvalue weighted by Gasteiger charge is -2.26. The third-order valence-electron chi connectivity index (χ3n) is 5.68. The predicted octanol–water partition coefficient (Wildman–Crippen LogP) is 5.08. The summed E-state index contributed by atoms with van der Waals surface area (Å²) >= 11 is 0. The van der Waals surface area contributed by atoms with E-state index in [4.69, 9.17) is 4.74 Å². The second kappa shape index (κ2) is 8.56. The van der Waals surface area contributed by atoms with Crippen LogP contribution < -0.4 is 0 Å². The zero-order valence-corrected chi connectivity index (χ0v) is 14.9. The summed E-state index contributed by atoms with van der Waals surface area (Å²) < 4.78 is 41.8. The normalized spacial score (nSPS) is 23.9. The molecule has 0 radical (unpaired) electrons. The molecule has 3 rings (SSSR count). The second-order valence-electron chi connectivity index (χ2n) is 7.59. The highest BCUT2D eigenvalue weighted by molar-refractivity contribution is 5.78. The van der Waals surface area contributed by atoms with E-state index in [1.54, 1.807) is 0 Å². The van der Waals surface area contributed by atoms with Gasteiger partial charge in [-0.3, -0.25) is 0 Å². The van der Waals surface area contributed by atoms with Crippen molar-refractivity contribution in [2.75, 3.05) is 26.2 Å². The Morgan fingerprint density at radius 3 is 2.52 bits per heavy atom. The fraction of sp³-hybridized carbons (Fsp3) is 0.842. The van der Waals surface area contributed by atoms with Crippen LogP contribution in [0.15, 0.2) is 16.3 Å². The quantitative estimate of drug-likeness (QED) is 0.700. The molecule has 0 aromatic rings. The van der Waals surface area contributed by atoms with E-state index >= 15 is 0 Å². The summed E-state index contributed by atoms with van der Waals surface area (Å²) in [5.41, 5.74) is 2.29. The summed E-state index contributed by atoms with van der Waals surface area (Å²) in [5.74, 6) is 1.15. The van der Waals surface area contributed by atoms with Crippen LogP contribution in [0.4, 0.5) is 13.2 Å². The summed E-state index contributed by atoms with van der Waals surface area (Å²) in [6.07, 6.45) is 7.04. The van der Waals surface area contributed by atoms with Gasteiger partial charge in [-0.25, -0.2) is 4.99 Å². The molecule has 2 aliphatic heterocycles. The first-order valence-corrected chi connectivity index (χ1v) is 9.70. The zero-order chi connectivity index (χ0) is 17.7. The predicted molar refractivity (Wildman–Crippen MR) is 92.6 cm³/mol. The first-order valence-electron chi connectivity index (χ1n) is 9.70. The molecular weight excluding hydrogens is 329 g/mol. The maximum atomic E-state index is 12.3. The minimum Gasteiger partial charge on any atom is -0.471 e. The third kappa shape index (κ3) is 6.01. The van der Waals surface area contributed by atoms with Crippen molar-refractivity contribution in [1.29, 1.82) is 0 Å². The molecule has 0 N–H and O–H groups in total. The average Bonchev–Trinajstić information content (AvgIpc) is 2.80. The minimum atomic E-state index is -4.30. The van der Waals surface area contributed by atoms with E-state index in [0.717, 1.165) is 50.5 Å². The van der Waals surface area contributed by atoms with E-state index in [-0.39, 0.29) is 5.90 Å². The Balaban J connectivity index is 1.47. The van der Waals surface area contributed by atoms with Gasteiger partial charge in [0.25, 0.3) is 0 Å². The summed E-state index contributed by atoms with van der Waals surface area (Å²) in [6.45, 7) is 1.93. The van der Waals surface area contributed by atoms with Crippen LogP contribution in [0, 0.1) is 5.92 Å². The molecule has 0 aromatic carbocycles. The standard InChI is InChI=1S/C19H29F3N2O/c20-19(21,22)14-25-18-7-6-16-9-12-24(13-10-17(16)23-18)11-8-15-4-2-1-3-5-15/h15H,1-14H2. The van der Waals surface area contributed by atoms with Crippen molar-refractivity contribution >= 4 is 5.90 Å². The Bertz CT molecular complexity index is 507. The molecule has 6 heteroatoms. The van der Waals surface area contributed by atoms with Gasteiger partial charge in [0, 0.05) is 31.6 Å². The molecule has 0 saturated heterocycles. The molecule has 3 nitrogen and oxygen atoms in total. The number of aliphatic imine (C=N–C) groups is 1. The van der Waals surface area contributed by atoms with Gasteiger partial charge in [-0.2, -0.15) is 13.2 Å². The molecule has 142 valence electrons. The molecule has 0 bridgehead atoms. The van der Waals surface area contributed by atoms with E-state index in [1.165, 1.54) is 44.1 Å². The Labute approximate surface area is 148 Å². The highest BCUT2D eigenvalue weighted by Crippen LogP contribution is 2.30. The topological polar surface area (TPSA) is 24.8 Å². The van der Waals surface area contributed by atoms with Crippen molar-refractivity contribution in [2.24, 2.45) is 10.9 Å². The summed E-state index contributed by atoms with van der Waals surface area (Å²) in [7, 11) is 0. The zero-order valence-electron chi connectivity index (χ0n) is 14.9. The van der Waals surface area contributed by atoms with Gasteiger partial charge >= 0.3 is 6.18 Å². The first kappa shape index (κ1) is 18.7. The smallest absolute Gasteiger partial charge is 0.422 e. The monoisotopic (exact) mass is 358 g/mol. The van der Waals surface area contributed by atoms with Crippen molar-refractivity contribution in [1.82, 2.24) is 4.90 Å². The number of ether oxygens (including phenoxy) is 1. The van der Waals surface area contributed by atoms with Gasteiger partial charge in [0.05, 0.1) is 0 Å². The molecule has 3 aliphatic rings. The molecule has 1 fully saturated rings. The number of halogens is 3. The summed E-state index contributed by atoms with van der Waals surface area (Å²) in [5, 5.41) is 0. The van der Waals surface area contributed by atoms with Crippen molar-refractivity contribution < 1.29 is 17.9 Å². The maximum Gasteiger partial charge on any atom is 0.422 e. The third-order valence-corrected chi connectivity index (χ3v) is 5.68.